The number of benzene rings is 2. The van der Waals surface area contributed by atoms with E-state index >= 15 is 0 Å². The number of nitro groups is 1. The molecule has 1 amide bonds. The number of anilines is 1. The summed E-state index contributed by atoms with van der Waals surface area (Å²) < 4.78 is 0. The zero-order valence-electron chi connectivity index (χ0n) is 12.7. The molecule has 3 rings (SSSR count). The first-order valence-corrected chi connectivity index (χ1v) is 7.92. The first-order valence-electron chi connectivity index (χ1n) is 7.10. The summed E-state index contributed by atoms with van der Waals surface area (Å²) in [6.45, 7) is 0. The first kappa shape index (κ1) is 16.4. The lowest BCUT2D eigenvalue weighted by Gasteiger charge is -2.00. The lowest BCUT2D eigenvalue weighted by Crippen LogP contribution is -2.11. The van der Waals surface area contributed by atoms with Crippen LogP contribution in [0.5, 0.6) is 0 Å². The molecule has 1 heterocycles. The fourth-order valence-corrected chi connectivity index (χ4v) is 2.50. The maximum Gasteiger partial charge on any atom is 0.270 e. The number of nitro benzene ring substituents is 1. The number of amides is 1. The van der Waals surface area contributed by atoms with Gasteiger partial charge in [0.2, 0.25) is 10.3 Å². The molecule has 1 N–H and O–H groups in total. The van der Waals surface area contributed by atoms with Crippen molar-refractivity contribution >= 4 is 39.4 Å². The number of aromatic nitrogens is 2. The number of hydrogen-bond donors (Lipinski definition) is 1. The Bertz CT molecular complexity index is 940. The van der Waals surface area contributed by atoms with Crippen LogP contribution in [0.25, 0.3) is 0 Å². The number of carbonyl (C=O) groups excluding carboxylic acids is 1. The van der Waals surface area contributed by atoms with Gasteiger partial charge in [-0.2, -0.15) is 0 Å². The summed E-state index contributed by atoms with van der Waals surface area (Å²) in [6.07, 6.45) is 1.65. The van der Waals surface area contributed by atoms with Crippen LogP contribution in [0.4, 0.5) is 16.0 Å². The Labute approximate surface area is 146 Å². The van der Waals surface area contributed by atoms with E-state index in [9.17, 15) is 14.9 Å². The zero-order valence-corrected chi connectivity index (χ0v) is 13.5. The number of nitrogens with one attached hydrogen (secondary N) is 1. The van der Waals surface area contributed by atoms with E-state index in [0.29, 0.717) is 5.13 Å². The summed E-state index contributed by atoms with van der Waals surface area (Å²) in [5.41, 5.74) is 0.927. The lowest BCUT2D eigenvalue weighted by atomic mass is 10.2. The van der Waals surface area contributed by atoms with E-state index in [1.807, 2.05) is 30.3 Å². The van der Waals surface area contributed by atoms with Crippen LogP contribution in [0.15, 0.2) is 59.6 Å². The van der Waals surface area contributed by atoms with Crippen molar-refractivity contribution in [1.82, 2.24) is 10.2 Å². The van der Waals surface area contributed by atoms with Gasteiger partial charge in [-0.05, 0) is 11.6 Å². The van der Waals surface area contributed by atoms with Crippen LogP contribution >= 0.6 is 11.3 Å². The molecule has 0 bridgehead atoms. The van der Waals surface area contributed by atoms with Crippen LogP contribution in [-0.4, -0.2) is 27.2 Å². The molecule has 25 heavy (non-hydrogen) atoms. The molecule has 0 spiro atoms. The number of non-ortho nitro benzene ring substituents is 1. The normalized spacial score (nSPS) is 10.7. The third-order valence-electron chi connectivity index (χ3n) is 3.08. The number of aliphatic imine (C=N–C) groups is 1. The van der Waals surface area contributed by atoms with Crippen LogP contribution < -0.4 is 5.32 Å². The van der Waals surface area contributed by atoms with Crippen molar-refractivity contribution in [3.63, 3.8) is 0 Å². The van der Waals surface area contributed by atoms with E-state index < -0.39 is 10.8 Å². The van der Waals surface area contributed by atoms with Crippen molar-refractivity contribution in [1.29, 1.82) is 0 Å². The highest BCUT2D eigenvalue weighted by molar-refractivity contribution is 7.18. The molecule has 0 radical (unpaired) electrons. The van der Waals surface area contributed by atoms with Crippen LogP contribution in [0.1, 0.15) is 15.9 Å². The van der Waals surface area contributed by atoms with E-state index in [1.165, 1.54) is 24.3 Å². The van der Waals surface area contributed by atoms with Crippen molar-refractivity contribution < 1.29 is 9.72 Å². The molecule has 0 aliphatic rings. The molecule has 124 valence electrons. The predicted octanol–water partition coefficient (Wildman–Crippen LogP) is 3.45. The molecule has 0 atom stereocenters. The number of rotatable bonds is 5. The van der Waals surface area contributed by atoms with Gasteiger partial charge in [0.1, 0.15) is 0 Å². The second-order valence-corrected chi connectivity index (χ2v) is 5.78. The van der Waals surface area contributed by atoms with Crippen LogP contribution in [0.3, 0.4) is 0 Å². The van der Waals surface area contributed by atoms with Gasteiger partial charge < -0.3 is 0 Å². The third kappa shape index (κ3) is 4.30. The van der Waals surface area contributed by atoms with Crippen LogP contribution in [0, 0.1) is 10.1 Å². The molecule has 0 saturated heterocycles. The largest absolute Gasteiger partial charge is 0.296 e. The average molecular weight is 353 g/mol. The second-order valence-electron chi connectivity index (χ2n) is 4.82. The Morgan fingerprint density at radius 3 is 2.72 bits per heavy atom. The van der Waals surface area contributed by atoms with Gasteiger partial charge in [-0.15, -0.1) is 10.2 Å². The molecule has 0 aliphatic carbocycles. The Morgan fingerprint density at radius 2 is 1.96 bits per heavy atom. The van der Waals surface area contributed by atoms with Crippen molar-refractivity contribution in [3.05, 3.63) is 75.8 Å². The number of hydrogen-bond acceptors (Lipinski definition) is 7. The Balaban J connectivity index is 1.69. The van der Waals surface area contributed by atoms with Gasteiger partial charge in [0.15, 0.2) is 0 Å². The standard InChI is InChI=1S/C16H11N5O3S/c22-14(12-7-4-8-13(9-12)21(23)24)18-16-20-19-15(25-16)17-10-11-5-2-1-3-6-11/h1-10H,(H,18,20,22). The van der Waals surface area contributed by atoms with Crippen LogP contribution in [0.2, 0.25) is 0 Å². The molecule has 0 saturated carbocycles. The van der Waals surface area contributed by atoms with E-state index in [0.717, 1.165) is 16.9 Å². The monoisotopic (exact) mass is 353 g/mol. The zero-order chi connectivity index (χ0) is 17.6. The summed E-state index contributed by atoms with van der Waals surface area (Å²) in [4.78, 5) is 26.5. The number of nitrogens with zero attached hydrogens (tertiary/aromatic N) is 4. The Morgan fingerprint density at radius 1 is 1.16 bits per heavy atom. The highest BCUT2D eigenvalue weighted by Crippen LogP contribution is 2.23. The second kappa shape index (κ2) is 7.41. The molecule has 0 aliphatic heterocycles. The van der Waals surface area contributed by atoms with Crippen molar-refractivity contribution in [2.45, 2.75) is 0 Å². The average Bonchev–Trinajstić information content (AvgIpc) is 3.08. The van der Waals surface area contributed by atoms with Gasteiger partial charge in [-0.3, -0.25) is 20.2 Å². The molecule has 0 unspecified atom stereocenters. The maximum absolute atomic E-state index is 12.1. The van der Waals surface area contributed by atoms with Crippen molar-refractivity contribution in [3.8, 4) is 0 Å². The quantitative estimate of drug-likeness (QED) is 0.429. The topological polar surface area (TPSA) is 110 Å². The van der Waals surface area contributed by atoms with E-state index in [4.69, 9.17) is 0 Å². The van der Waals surface area contributed by atoms with Gasteiger partial charge in [-0.1, -0.05) is 47.7 Å². The highest BCUT2D eigenvalue weighted by atomic mass is 32.1. The fourth-order valence-electron chi connectivity index (χ4n) is 1.92. The molecule has 1 aromatic heterocycles. The summed E-state index contributed by atoms with van der Waals surface area (Å²) in [6, 6.07) is 14.9. The Kier molecular flexibility index (Phi) is 4.86. The van der Waals surface area contributed by atoms with Crippen molar-refractivity contribution in [2.75, 3.05) is 5.32 Å². The van der Waals surface area contributed by atoms with E-state index in [2.05, 4.69) is 20.5 Å². The summed E-state index contributed by atoms with van der Waals surface area (Å²) >= 11 is 1.10. The predicted molar refractivity (Wildman–Crippen MR) is 94.7 cm³/mol. The van der Waals surface area contributed by atoms with Gasteiger partial charge in [0.05, 0.1) is 4.92 Å². The summed E-state index contributed by atoms with van der Waals surface area (Å²) in [5, 5.41) is 21.7. The highest BCUT2D eigenvalue weighted by Gasteiger charge is 2.13. The summed E-state index contributed by atoms with van der Waals surface area (Å²) in [7, 11) is 0. The maximum atomic E-state index is 12.1. The third-order valence-corrected chi connectivity index (χ3v) is 3.82. The molecule has 0 fully saturated rings. The first-order chi connectivity index (χ1) is 12.1. The number of carbonyl (C=O) groups is 1. The van der Waals surface area contributed by atoms with E-state index in [1.54, 1.807) is 6.21 Å². The van der Waals surface area contributed by atoms with Gasteiger partial charge in [0.25, 0.3) is 11.6 Å². The molecule has 9 heteroatoms. The molecule has 2 aromatic carbocycles. The molecular weight excluding hydrogens is 342 g/mol. The molecule has 8 nitrogen and oxygen atoms in total. The van der Waals surface area contributed by atoms with Crippen LogP contribution in [-0.2, 0) is 0 Å². The fraction of sp³-hybridized carbons (Fsp3) is 0. The SMILES string of the molecule is O=C(Nc1nnc(N=Cc2ccccc2)s1)c1cccc([N+](=O)[O-])c1. The minimum Gasteiger partial charge on any atom is -0.296 e. The minimum atomic E-state index is -0.557. The van der Waals surface area contributed by atoms with Gasteiger partial charge in [0, 0.05) is 23.9 Å². The molecule has 3 aromatic rings. The lowest BCUT2D eigenvalue weighted by molar-refractivity contribution is -0.384. The van der Waals surface area contributed by atoms with Gasteiger partial charge in [-0.25, -0.2) is 4.99 Å². The van der Waals surface area contributed by atoms with E-state index in [-0.39, 0.29) is 16.4 Å². The van der Waals surface area contributed by atoms with Crippen molar-refractivity contribution in [2.24, 2.45) is 4.99 Å². The smallest absolute Gasteiger partial charge is 0.270 e. The molecular formula is C16H11N5O3S. The summed E-state index contributed by atoms with van der Waals surface area (Å²) in [5.74, 6) is -0.501. The van der Waals surface area contributed by atoms with Gasteiger partial charge >= 0.3 is 0 Å². The minimum absolute atomic E-state index is 0.155. The Hall–Kier alpha value is -3.46.